The van der Waals surface area contributed by atoms with Gasteiger partial charge in [-0.3, -0.25) is 14.9 Å². The number of carbonyl (C=O) groups is 1. The van der Waals surface area contributed by atoms with Gasteiger partial charge in [-0.25, -0.2) is 4.68 Å². The van der Waals surface area contributed by atoms with Gasteiger partial charge in [0, 0.05) is 34.2 Å². The highest BCUT2D eigenvalue weighted by molar-refractivity contribution is 7.98. The Bertz CT molecular complexity index is 1210. The smallest absolute Gasteiger partial charge is 0.269 e. The second kappa shape index (κ2) is 8.52. The number of allylic oxidation sites excluding steroid dienone is 2. The number of nitrogens with zero attached hydrogens (tertiary/aromatic N) is 4. The fourth-order valence-electron chi connectivity index (χ4n) is 3.49. The van der Waals surface area contributed by atoms with Crippen LogP contribution in [0.2, 0.25) is 5.02 Å². The van der Waals surface area contributed by atoms with E-state index in [2.05, 4.69) is 15.4 Å². The molecule has 0 aliphatic carbocycles. The molecule has 1 aromatic heterocycles. The van der Waals surface area contributed by atoms with E-state index >= 15 is 0 Å². The molecule has 158 valence electrons. The van der Waals surface area contributed by atoms with Crippen LogP contribution < -0.4 is 5.32 Å². The Morgan fingerprint density at radius 3 is 2.61 bits per heavy atom. The largest absolute Gasteiger partial charge is 0.328 e. The molecule has 31 heavy (non-hydrogen) atoms. The summed E-state index contributed by atoms with van der Waals surface area (Å²) in [6.07, 6.45) is 0. The summed E-state index contributed by atoms with van der Waals surface area (Å²) in [5.41, 5.74) is 2.89. The normalized spacial score (nSPS) is 15.4. The Hall–Kier alpha value is -3.17. The zero-order valence-electron chi connectivity index (χ0n) is 16.7. The minimum atomic E-state index is -0.531. The summed E-state index contributed by atoms with van der Waals surface area (Å²) in [6, 6.07) is 13.2. The van der Waals surface area contributed by atoms with E-state index in [0.29, 0.717) is 38.7 Å². The number of hydrogen-bond donors (Lipinski definition) is 1. The zero-order chi connectivity index (χ0) is 22.1. The molecule has 0 radical (unpaired) electrons. The topological polar surface area (TPSA) is 103 Å². The standard InChI is InChI=1S/C21H18ClN5O3S/c1-12-18(13(2)28)19(14-7-9-16(10-8-14)27(29)30)26-20(23-12)24-21(25-26)31-11-15-5-3-4-6-17(15)22/h3-10,19H,11H2,1-2H3,(H,23,24,25). The van der Waals surface area contributed by atoms with Crippen LogP contribution in [0.3, 0.4) is 0 Å². The predicted molar refractivity (Wildman–Crippen MR) is 119 cm³/mol. The molecule has 1 atom stereocenters. The molecule has 3 aromatic rings. The van der Waals surface area contributed by atoms with Crippen molar-refractivity contribution < 1.29 is 9.72 Å². The van der Waals surface area contributed by atoms with Gasteiger partial charge in [-0.1, -0.05) is 41.6 Å². The summed E-state index contributed by atoms with van der Waals surface area (Å²) >= 11 is 7.67. The predicted octanol–water partition coefficient (Wildman–Crippen LogP) is 5.01. The molecule has 2 aromatic carbocycles. The van der Waals surface area contributed by atoms with E-state index in [4.69, 9.17) is 11.6 Å². The molecular weight excluding hydrogens is 438 g/mol. The molecule has 0 saturated carbocycles. The fourth-order valence-corrected chi connectivity index (χ4v) is 4.61. The van der Waals surface area contributed by atoms with Crippen molar-refractivity contribution in [3.8, 4) is 0 Å². The lowest BCUT2D eigenvalue weighted by Crippen LogP contribution is -2.27. The third kappa shape index (κ3) is 4.19. The number of rotatable bonds is 6. The number of non-ortho nitro benzene ring substituents is 1. The SMILES string of the molecule is CC(=O)C1=C(C)Nc2nc(SCc3ccccc3Cl)nn2C1c1ccc([N+](=O)[O-])cc1. The molecule has 8 nitrogen and oxygen atoms in total. The van der Waals surface area contributed by atoms with Crippen molar-refractivity contribution in [1.82, 2.24) is 14.8 Å². The van der Waals surface area contributed by atoms with Crippen LogP contribution in [0, 0.1) is 10.1 Å². The molecule has 0 amide bonds. The molecule has 1 aliphatic heterocycles. The zero-order valence-corrected chi connectivity index (χ0v) is 18.3. The molecule has 0 spiro atoms. The average molecular weight is 456 g/mol. The van der Waals surface area contributed by atoms with Gasteiger partial charge in [-0.2, -0.15) is 4.98 Å². The molecule has 4 rings (SSSR count). The molecule has 10 heteroatoms. The lowest BCUT2D eigenvalue weighted by molar-refractivity contribution is -0.384. The van der Waals surface area contributed by atoms with Gasteiger partial charge in [-0.05, 0) is 43.2 Å². The van der Waals surface area contributed by atoms with Crippen molar-refractivity contribution >= 4 is 40.8 Å². The Labute approximate surface area is 187 Å². The lowest BCUT2D eigenvalue weighted by atomic mass is 9.93. The number of nitrogens with one attached hydrogen (secondary N) is 1. The van der Waals surface area contributed by atoms with Crippen molar-refractivity contribution in [2.75, 3.05) is 5.32 Å². The minimum Gasteiger partial charge on any atom is -0.328 e. The minimum absolute atomic E-state index is 0.0161. The van der Waals surface area contributed by atoms with Crippen LogP contribution in [-0.2, 0) is 10.5 Å². The van der Waals surface area contributed by atoms with Crippen LogP contribution in [-0.4, -0.2) is 25.5 Å². The Kier molecular flexibility index (Phi) is 5.79. The molecule has 0 saturated heterocycles. The van der Waals surface area contributed by atoms with Crippen LogP contribution >= 0.6 is 23.4 Å². The lowest BCUT2D eigenvalue weighted by Gasteiger charge is -2.27. The van der Waals surface area contributed by atoms with E-state index in [1.807, 2.05) is 31.2 Å². The number of aromatic nitrogens is 3. The van der Waals surface area contributed by atoms with Crippen LogP contribution in [0.5, 0.6) is 0 Å². The highest BCUT2D eigenvalue weighted by Crippen LogP contribution is 2.37. The summed E-state index contributed by atoms with van der Waals surface area (Å²) in [6.45, 7) is 3.30. The number of Topliss-reactive ketones (excluding diaryl/α,β-unsaturated/α-hetero) is 1. The van der Waals surface area contributed by atoms with Crippen LogP contribution in [0.15, 0.2) is 65.0 Å². The van der Waals surface area contributed by atoms with Gasteiger partial charge in [0.05, 0.1) is 4.92 Å². The molecule has 1 unspecified atom stereocenters. The van der Waals surface area contributed by atoms with E-state index < -0.39 is 11.0 Å². The summed E-state index contributed by atoms with van der Waals surface area (Å²) in [5, 5.41) is 20.0. The number of fused-ring (bicyclic) bond motifs is 1. The number of ketones is 1. The molecule has 1 N–H and O–H groups in total. The number of nitro benzene ring substituents is 1. The van der Waals surface area contributed by atoms with Gasteiger partial charge in [-0.15, -0.1) is 5.10 Å². The highest BCUT2D eigenvalue weighted by atomic mass is 35.5. The van der Waals surface area contributed by atoms with Gasteiger partial charge in [0.25, 0.3) is 5.69 Å². The van der Waals surface area contributed by atoms with Crippen LogP contribution in [0.25, 0.3) is 0 Å². The summed E-state index contributed by atoms with van der Waals surface area (Å²) in [4.78, 5) is 27.6. The van der Waals surface area contributed by atoms with Crippen LogP contribution in [0.1, 0.15) is 31.0 Å². The third-order valence-corrected chi connectivity index (χ3v) is 6.20. The average Bonchev–Trinajstić information content (AvgIpc) is 3.14. The number of nitro groups is 1. The second-order valence-corrected chi connectivity index (χ2v) is 8.36. The monoisotopic (exact) mass is 455 g/mol. The first-order valence-electron chi connectivity index (χ1n) is 9.41. The maximum Gasteiger partial charge on any atom is 0.269 e. The highest BCUT2D eigenvalue weighted by Gasteiger charge is 2.33. The maximum atomic E-state index is 12.4. The maximum absolute atomic E-state index is 12.4. The van der Waals surface area contributed by atoms with Crippen LogP contribution in [0.4, 0.5) is 11.6 Å². The Morgan fingerprint density at radius 2 is 1.97 bits per heavy atom. The Balaban J connectivity index is 1.69. The number of hydrogen-bond acceptors (Lipinski definition) is 7. The number of benzene rings is 2. The van der Waals surface area contributed by atoms with Crippen molar-refractivity contribution in [2.45, 2.75) is 30.8 Å². The molecule has 0 bridgehead atoms. The number of thioether (sulfide) groups is 1. The summed E-state index contributed by atoms with van der Waals surface area (Å²) < 4.78 is 1.65. The van der Waals surface area contributed by atoms with Crippen molar-refractivity contribution in [3.63, 3.8) is 0 Å². The second-order valence-electron chi connectivity index (χ2n) is 7.01. The van der Waals surface area contributed by atoms with E-state index in [1.54, 1.807) is 16.8 Å². The van der Waals surface area contributed by atoms with Gasteiger partial charge in [0.15, 0.2) is 5.78 Å². The molecule has 1 aliphatic rings. The van der Waals surface area contributed by atoms with E-state index in [9.17, 15) is 14.9 Å². The first kappa shape index (κ1) is 21.1. The molecule has 0 fully saturated rings. The van der Waals surface area contributed by atoms with Gasteiger partial charge in [0.2, 0.25) is 11.1 Å². The van der Waals surface area contributed by atoms with Gasteiger partial charge >= 0.3 is 0 Å². The third-order valence-electron chi connectivity index (χ3n) is 4.95. The van der Waals surface area contributed by atoms with Crippen molar-refractivity contribution in [2.24, 2.45) is 0 Å². The van der Waals surface area contributed by atoms with Gasteiger partial charge < -0.3 is 5.32 Å². The van der Waals surface area contributed by atoms with E-state index in [-0.39, 0.29) is 11.5 Å². The quantitative estimate of drug-likeness (QED) is 0.316. The van der Waals surface area contributed by atoms with E-state index in [1.165, 1.54) is 30.8 Å². The number of anilines is 1. The van der Waals surface area contributed by atoms with E-state index in [0.717, 1.165) is 5.56 Å². The van der Waals surface area contributed by atoms with Crippen molar-refractivity contribution in [1.29, 1.82) is 0 Å². The fraction of sp³-hybridized carbons (Fsp3) is 0.190. The van der Waals surface area contributed by atoms with Crippen molar-refractivity contribution in [3.05, 3.63) is 86.1 Å². The molecular formula is C21H18ClN5O3S. The number of carbonyl (C=O) groups excluding carboxylic acids is 1. The first-order chi connectivity index (χ1) is 14.8. The van der Waals surface area contributed by atoms with Gasteiger partial charge in [0.1, 0.15) is 6.04 Å². The molecule has 2 heterocycles. The Morgan fingerprint density at radius 1 is 1.26 bits per heavy atom. The summed E-state index contributed by atoms with van der Waals surface area (Å²) in [7, 11) is 0. The number of halogens is 1. The summed E-state index contributed by atoms with van der Waals surface area (Å²) in [5.74, 6) is 0.990. The first-order valence-corrected chi connectivity index (χ1v) is 10.8.